The summed E-state index contributed by atoms with van der Waals surface area (Å²) in [7, 11) is 0. The van der Waals surface area contributed by atoms with Gasteiger partial charge in [0.15, 0.2) is 0 Å². The fourth-order valence-corrected chi connectivity index (χ4v) is 2.45. The summed E-state index contributed by atoms with van der Waals surface area (Å²) < 4.78 is 5.24. The van der Waals surface area contributed by atoms with Crippen LogP contribution in [0.1, 0.15) is 16.2 Å². The number of aryl methyl sites for hydroxylation is 1. The molecule has 3 nitrogen and oxygen atoms in total. The van der Waals surface area contributed by atoms with E-state index in [2.05, 4.69) is 6.07 Å². The predicted octanol–water partition coefficient (Wildman–Crippen LogP) is 3.08. The summed E-state index contributed by atoms with van der Waals surface area (Å²) in [4.78, 5) is 1.59. The Morgan fingerprint density at radius 1 is 1.47 bits per heavy atom. The van der Waals surface area contributed by atoms with Crippen molar-refractivity contribution in [2.24, 2.45) is 0 Å². The fourth-order valence-electron chi connectivity index (χ4n) is 1.45. The van der Waals surface area contributed by atoms with Crippen molar-refractivity contribution in [2.45, 2.75) is 13.8 Å². The molecule has 2 heterocycles. The second kappa shape index (κ2) is 3.44. The molecular formula is C11H10N2OS. The second-order valence-corrected chi connectivity index (χ2v) is 4.38. The quantitative estimate of drug-likeness (QED) is 0.800. The van der Waals surface area contributed by atoms with Crippen LogP contribution in [0.25, 0.3) is 10.4 Å². The first-order valence-electron chi connectivity index (χ1n) is 4.48. The third-order valence-corrected chi connectivity index (χ3v) is 3.55. The van der Waals surface area contributed by atoms with Gasteiger partial charge in [0.05, 0.1) is 12.0 Å². The van der Waals surface area contributed by atoms with Crippen LogP contribution in [0.4, 0.5) is 5.69 Å². The van der Waals surface area contributed by atoms with Crippen LogP contribution in [-0.2, 0) is 0 Å². The Hall–Kier alpha value is -1.73. The van der Waals surface area contributed by atoms with E-state index in [1.807, 2.05) is 19.9 Å². The summed E-state index contributed by atoms with van der Waals surface area (Å²) in [6.45, 7) is 3.81. The van der Waals surface area contributed by atoms with E-state index in [1.165, 1.54) is 11.3 Å². The van der Waals surface area contributed by atoms with Gasteiger partial charge in [-0.25, -0.2) is 0 Å². The van der Waals surface area contributed by atoms with Gasteiger partial charge in [0.25, 0.3) is 0 Å². The molecule has 0 saturated carbocycles. The molecule has 0 spiro atoms. The van der Waals surface area contributed by atoms with Gasteiger partial charge < -0.3 is 10.2 Å². The van der Waals surface area contributed by atoms with Crippen molar-refractivity contribution < 1.29 is 4.42 Å². The lowest BCUT2D eigenvalue weighted by Gasteiger charge is -1.93. The molecule has 2 N–H and O–H groups in total. The van der Waals surface area contributed by atoms with Crippen LogP contribution in [-0.4, -0.2) is 0 Å². The van der Waals surface area contributed by atoms with Gasteiger partial charge in [0, 0.05) is 10.4 Å². The highest BCUT2D eigenvalue weighted by Crippen LogP contribution is 2.38. The fraction of sp³-hybridized carbons (Fsp3) is 0.182. The number of nitrogens with two attached hydrogens (primary N) is 1. The number of hydrogen-bond donors (Lipinski definition) is 1. The van der Waals surface area contributed by atoms with Crippen LogP contribution in [0, 0.1) is 25.2 Å². The van der Waals surface area contributed by atoms with Gasteiger partial charge in [0.2, 0.25) is 0 Å². The lowest BCUT2D eigenvalue weighted by molar-refractivity contribution is 0.535. The van der Waals surface area contributed by atoms with Gasteiger partial charge in [-0.3, -0.25) is 0 Å². The zero-order valence-electron chi connectivity index (χ0n) is 8.50. The number of thiophene rings is 1. The highest BCUT2D eigenvalue weighted by Gasteiger charge is 2.14. The molecule has 0 amide bonds. The molecule has 4 heteroatoms. The Labute approximate surface area is 91.8 Å². The van der Waals surface area contributed by atoms with Crippen LogP contribution in [0.2, 0.25) is 0 Å². The maximum Gasteiger partial charge on any atom is 0.128 e. The summed E-state index contributed by atoms with van der Waals surface area (Å²) >= 11 is 1.41. The number of nitrogen functional groups attached to an aromatic ring is 1. The molecule has 15 heavy (non-hydrogen) atoms. The number of hydrogen-bond acceptors (Lipinski definition) is 4. The van der Waals surface area contributed by atoms with Crippen molar-refractivity contribution in [1.29, 1.82) is 5.26 Å². The molecule has 0 aliphatic rings. The molecule has 0 fully saturated rings. The summed E-state index contributed by atoms with van der Waals surface area (Å²) in [6, 6.07) is 4.04. The number of nitrogens with zero attached hydrogens (tertiary/aromatic N) is 1. The molecule has 76 valence electrons. The normalized spacial score (nSPS) is 10.2. The molecule has 0 aliphatic carbocycles. The van der Waals surface area contributed by atoms with Crippen molar-refractivity contribution in [1.82, 2.24) is 0 Å². The van der Waals surface area contributed by atoms with Crippen molar-refractivity contribution in [3.63, 3.8) is 0 Å². The molecule has 0 unspecified atom stereocenters. The minimum atomic E-state index is 0.571. The molecule has 0 saturated heterocycles. The van der Waals surface area contributed by atoms with Crippen LogP contribution < -0.4 is 5.73 Å². The number of furan rings is 1. The predicted molar refractivity (Wildman–Crippen MR) is 60.6 cm³/mol. The molecule has 2 aromatic rings. The topological polar surface area (TPSA) is 63.0 Å². The Bertz CT molecular complexity index is 545. The van der Waals surface area contributed by atoms with Crippen molar-refractivity contribution in [2.75, 3.05) is 5.73 Å². The molecule has 2 rings (SSSR count). The monoisotopic (exact) mass is 218 g/mol. The highest BCUT2D eigenvalue weighted by molar-refractivity contribution is 7.16. The lowest BCUT2D eigenvalue weighted by atomic mass is 10.1. The van der Waals surface area contributed by atoms with Gasteiger partial charge in [-0.2, -0.15) is 5.26 Å². The van der Waals surface area contributed by atoms with E-state index in [9.17, 15) is 0 Å². The summed E-state index contributed by atoms with van der Waals surface area (Å²) in [6.07, 6.45) is 1.69. The SMILES string of the molecule is Cc1cc(-c2sc(C#N)c(N)c2C)co1. The van der Waals surface area contributed by atoms with Gasteiger partial charge in [-0.15, -0.1) is 11.3 Å². The molecule has 0 radical (unpaired) electrons. The molecule has 0 aromatic carbocycles. The minimum absolute atomic E-state index is 0.571. The third-order valence-electron chi connectivity index (χ3n) is 2.29. The van der Waals surface area contributed by atoms with Gasteiger partial charge in [-0.05, 0) is 25.5 Å². The Morgan fingerprint density at radius 3 is 2.67 bits per heavy atom. The van der Waals surface area contributed by atoms with Crippen LogP contribution in [0.3, 0.4) is 0 Å². The van der Waals surface area contributed by atoms with E-state index in [0.29, 0.717) is 10.6 Å². The molecule has 0 aliphatic heterocycles. The van der Waals surface area contributed by atoms with E-state index in [0.717, 1.165) is 21.8 Å². The smallest absolute Gasteiger partial charge is 0.128 e. The minimum Gasteiger partial charge on any atom is -0.469 e. The Morgan fingerprint density at radius 2 is 2.20 bits per heavy atom. The summed E-state index contributed by atoms with van der Waals surface area (Å²) in [5, 5.41) is 8.87. The number of nitriles is 1. The van der Waals surface area contributed by atoms with E-state index in [1.54, 1.807) is 6.26 Å². The first kappa shape index (κ1) is 9.81. The van der Waals surface area contributed by atoms with Crippen LogP contribution in [0.15, 0.2) is 16.7 Å². The van der Waals surface area contributed by atoms with Crippen LogP contribution >= 0.6 is 11.3 Å². The zero-order valence-corrected chi connectivity index (χ0v) is 9.31. The molecule has 0 bridgehead atoms. The first-order valence-corrected chi connectivity index (χ1v) is 5.29. The maximum absolute atomic E-state index is 8.87. The van der Waals surface area contributed by atoms with Gasteiger partial charge >= 0.3 is 0 Å². The zero-order chi connectivity index (χ0) is 11.0. The molecule has 2 aromatic heterocycles. The average molecular weight is 218 g/mol. The van der Waals surface area contributed by atoms with Crippen molar-refractivity contribution in [3.8, 4) is 16.5 Å². The standard InChI is InChI=1S/C11H10N2OS/c1-6-3-8(5-14-6)11-7(2)10(13)9(4-12)15-11/h3,5H,13H2,1-2H3. The number of anilines is 1. The molecular weight excluding hydrogens is 208 g/mol. The first-order chi connectivity index (χ1) is 7.13. The third kappa shape index (κ3) is 1.51. The Balaban J connectivity index is 2.60. The number of rotatable bonds is 1. The van der Waals surface area contributed by atoms with E-state index in [-0.39, 0.29) is 0 Å². The second-order valence-electron chi connectivity index (χ2n) is 3.36. The van der Waals surface area contributed by atoms with E-state index < -0.39 is 0 Å². The highest BCUT2D eigenvalue weighted by atomic mass is 32.1. The Kier molecular flexibility index (Phi) is 2.25. The van der Waals surface area contributed by atoms with Crippen molar-refractivity contribution >= 4 is 17.0 Å². The van der Waals surface area contributed by atoms with Crippen molar-refractivity contribution in [3.05, 3.63) is 28.5 Å². The van der Waals surface area contributed by atoms with Gasteiger partial charge in [-0.1, -0.05) is 0 Å². The van der Waals surface area contributed by atoms with Gasteiger partial charge in [0.1, 0.15) is 16.7 Å². The maximum atomic E-state index is 8.87. The summed E-state index contributed by atoms with van der Waals surface area (Å²) in [5.41, 5.74) is 8.34. The summed E-state index contributed by atoms with van der Waals surface area (Å²) in [5.74, 6) is 0.856. The van der Waals surface area contributed by atoms with Crippen LogP contribution in [0.5, 0.6) is 0 Å². The lowest BCUT2D eigenvalue weighted by Crippen LogP contribution is -1.86. The van der Waals surface area contributed by atoms with E-state index in [4.69, 9.17) is 15.4 Å². The average Bonchev–Trinajstić information content (AvgIpc) is 2.74. The molecule has 0 atom stereocenters. The largest absolute Gasteiger partial charge is 0.469 e. The van der Waals surface area contributed by atoms with E-state index >= 15 is 0 Å².